The maximum Gasteiger partial charge on any atom is 0.417 e. The van der Waals surface area contributed by atoms with E-state index in [0.717, 1.165) is 25.1 Å². The highest BCUT2D eigenvalue weighted by molar-refractivity contribution is 6.00. The number of aromatic nitrogens is 3. The van der Waals surface area contributed by atoms with Crippen molar-refractivity contribution >= 4 is 11.7 Å². The molecule has 172 valence electrons. The summed E-state index contributed by atoms with van der Waals surface area (Å²) in [5.74, 6) is 0.162. The summed E-state index contributed by atoms with van der Waals surface area (Å²) in [5.41, 5.74) is -0.353. The molecular formula is C22H19F4N5O2. The lowest BCUT2D eigenvalue weighted by atomic mass is 10.0. The Labute approximate surface area is 185 Å². The van der Waals surface area contributed by atoms with E-state index in [0.29, 0.717) is 18.2 Å². The van der Waals surface area contributed by atoms with E-state index < -0.39 is 17.6 Å². The smallest absolute Gasteiger partial charge is 0.365 e. The Morgan fingerprint density at radius 2 is 2.03 bits per heavy atom. The van der Waals surface area contributed by atoms with E-state index in [-0.39, 0.29) is 40.9 Å². The normalized spacial score (nSPS) is 22.1. The van der Waals surface area contributed by atoms with Crippen LogP contribution < -0.4 is 5.32 Å². The van der Waals surface area contributed by atoms with E-state index in [9.17, 15) is 22.4 Å². The van der Waals surface area contributed by atoms with Crippen LogP contribution in [0.15, 0.2) is 41.1 Å². The number of hydrogen-bond donors (Lipinski definition) is 1. The number of halogens is 4. The number of hydrogen-bond acceptors (Lipinski definition) is 6. The molecule has 1 N–H and O–H groups in total. The lowest BCUT2D eigenvalue weighted by Crippen LogP contribution is -2.47. The van der Waals surface area contributed by atoms with Crippen molar-refractivity contribution in [2.24, 2.45) is 5.92 Å². The van der Waals surface area contributed by atoms with E-state index in [1.807, 2.05) is 0 Å². The molecule has 1 aliphatic carbocycles. The number of aryl methyl sites for hydroxylation is 1. The van der Waals surface area contributed by atoms with Gasteiger partial charge < -0.3 is 14.7 Å². The van der Waals surface area contributed by atoms with Gasteiger partial charge in [0, 0.05) is 18.8 Å². The van der Waals surface area contributed by atoms with Gasteiger partial charge in [0.1, 0.15) is 11.6 Å². The van der Waals surface area contributed by atoms with Crippen molar-refractivity contribution in [1.29, 1.82) is 0 Å². The van der Waals surface area contributed by atoms with Crippen molar-refractivity contribution in [2.45, 2.75) is 38.0 Å². The number of anilines is 1. The number of nitrogens with one attached hydrogen (secondary N) is 1. The Morgan fingerprint density at radius 3 is 2.67 bits per heavy atom. The molecule has 1 amide bonds. The Bertz CT molecular complexity index is 1190. The third-order valence-corrected chi connectivity index (χ3v) is 6.14. The quantitative estimate of drug-likeness (QED) is 0.583. The fourth-order valence-corrected chi connectivity index (χ4v) is 4.69. The first kappa shape index (κ1) is 21.4. The number of pyridine rings is 1. The first-order valence-electron chi connectivity index (χ1n) is 10.4. The highest BCUT2D eigenvalue weighted by Gasteiger charge is 2.47. The fourth-order valence-electron chi connectivity index (χ4n) is 4.69. The molecule has 11 heteroatoms. The maximum atomic E-state index is 13.9. The number of carbonyl (C=O) groups excluding carboxylic acids is 1. The number of piperidine rings is 1. The highest BCUT2D eigenvalue weighted by atomic mass is 19.4. The van der Waals surface area contributed by atoms with Gasteiger partial charge in [-0.3, -0.25) is 4.79 Å². The molecule has 2 fully saturated rings. The number of fused-ring (bicyclic) bond motifs is 2. The van der Waals surface area contributed by atoms with Gasteiger partial charge in [0.05, 0.1) is 22.7 Å². The molecule has 0 unspecified atom stereocenters. The van der Waals surface area contributed by atoms with Crippen LogP contribution in [-0.2, 0) is 6.18 Å². The first-order chi connectivity index (χ1) is 15.7. The van der Waals surface area contributed by atoms with Crippen LogP contribution in [0.3, 0.4) is 0 Å². The molecular weight excluding hydrogens is 442 g/mol. The molecule has 7 nitrogen and oxygen atoms in total. The summed E-state index contributed by atoms with van der Waals surface area (Å²) in [5, 5.41) is 6.89. The number of benzene rings is 1. The van der Waals surface area contributed by atoms with Crippen molar-refractivity contribution in [3.8, 4) is 11.5 Å². The Morgan fingerprint density at radius 1 is 1.21 bits per heavy atom. The monoisotopic (exact) mass is 461 g/mol. The van der Waals surface area contributed by atoms with E-state index >= 15 is 0 Å². The summed E-state index contributed by atoms with van der Waals surface area (Å²) in [6, 6.07) is 5.73. The van der Waals surface area contributed by atoms with Crippen LogP contribution in [-0.4, -0.2) is 44.6 Å². The Balaban J connectivity index is 1.37. The minimum Gasteiger partial charge on any atom is -0.365 e. The number of nitrogens with zero attached hydrogens (tertiary/aromatic N) is 4. The first-order valence-corrected chi connectivity index (χ1v) is 10.4. The van der Waals surface area contributed by atoms with Gasteiger partial charge in [-0.2, -0.15) is 18.2 Å². The number of rotatable bonds is 4. The average molecular weight is 461 g/mol. The molecule has 3 atom stereocenters. The zero-order chi connectivity index (χ0) is 23.3. The molecule has 2 aromatic heterocycles. The van der Waals surface area contributed by atoms with Gasteiger partial charge in [-0.05, 0) is 56.0 Å². The van der Waals surface area contributed by atoms with Crippen LogP contribution in [0, 0.1) is 18.7 Å². The van der Waals surface area contributed by atoms with Crippen LogP contribution in [0.1, 0.15) is 34.6 Å². The maximum absolute atomic E-state index is 13.9. The molecule has 1 saturated carbocycles. The minimum atomic E-state index is -4.45. The van der Waals surface area contributed by atoms with Gasteiger partial charge in [-0.25, -0.2) is 9.37 Å². The van der Waals surface area contributed by atoms with Gasteiger partial charge in [0.25, 0.3) is 11.8 Å². The van der Waals surface area contributed by atoms with Crippen molar-refractivity contribution in [3.63, 3.8) is 0 Å². The van der Waals surface area contributed by atoms with Gasteiger partial charge in [-0.1, -0.05) is 5.16 Å². The number of amides is 1. The molecule has 2 aliphatic rings. The summed E-state index contributed by atoms with van der Waals surface area (Å²) in [7, 11) is 0. The third kappa shape index (κ3) is 4.03. The summed E-state index contributed by atoms with van der Waals surface area (Å²) >= 11 is 0. The number of likely N-dealkylation sites (tertiary alicyclic amines) is 1. The second-order valence-electron chi connectivity index (χ2n) is 8.38. The minimum absolute atomic E-state index is 0.0586. The molecule has 3 aromatic rings. The van der Waals surface area contributed by atoms with Crippen LogP contribution in [0.2, 0.25) is 0 Å². The summed E-state index contributed by atoms with van der Waals surface area (Å²) in [6.07, 6.45) is -2.13. The molecule has 1 aliphatic heterocycles. The van der Waals surface area contributed by atoms with Crippen molar-refractivity contribution in [2.75, 3.05) is 11.9 Å². The topological polar surface area (TPSA) is 84.2 Å². The summed E-state index contributed by atoms with van der Waals surface area (Å²) in [6.45, 7) is 2.17. The van der Waals surface area contributed by atoms with E-state index in [1.54, 1.807) is 11.8 Å². The molecule has 33 heavy (non-hydrogen) atoms. The third-order valence-electron chi connectivity index (χ3n) is 6.14. The second kappa shape index (κ2) is 7.82. The number of alkyl halides is 3. The molecule has 1 saturated heterocycles. The zero-order valence-corrected chi connectivity index (χ0v) is 17.4. The summed E-state index contributed by atoms with van der Waals surface area (Å²) < 4.78 is 57.4. The average Bonchev–Trinajstić information content (AvgIpc) is 3.49. The standard InChI is InChI=1S/C22H19F4N5O2/c1-11-28-20(33-30-11)16-8-14(23)3-4-15(16)21(32)31-10-12-6-17(18(31)7-12)29-19-5-2-13(9-27-19)22(24,25)26/h2-5,8-9,12,17-18H,6-7,10H2,1H3,(H,27,29)/t12-,17+,18-/m0/s1. The summed E-state index contributed by atoms with van der Waals surface area (Å²) in [4.78, 5) is 23.2. The van der Waals surface area contributed by atoms with Gasteiger partial charge >= 0.3 is 6.18 Å². The molecule has 0 radical (unpaired) electrons. The largest absolute Gasteiger partial charge is 0.417 e. The number of carbonyl (C=O) groups is 1. The van der Waals surface area contributed by atoms with Crippen LogP contribution in [0.25, 0.3) is 11.5 Å². The second-order valence-corrected chi connectivity index (χ2v) is 8.38. The lowest BCUT2D eigenvalue weighted by Gasteiger charge is -2.34. The van der Waals surface area contributed by atoms with Crippen molar-refractivity contribution < 1.29 is 26.9 Å². The highest BCUT2D eigenvalue weighted by Crippen LogP contribution is 2.40. The molecule has 2 bridgehead atoms. The zero-order valence-electron chi connectivity index (χ0n) is 17.4. The predicted octanol–water partition coefficient (Wildman–Crippen LogP) is 4.31. The van der Waals surface area contributed by atoms with Crippen molar-refractivity contribution in [1.82, 2.24) is 20.0 Å². The Hall–Kier alpha value is -3.50. The molecule has 3 heterocycles. The van der Waals surface area contributed by atoms with Crippen LogP contribution >= 0.6 is 0 Å². The van der Waals surface area contributed by atoms with Gasteiger partial charge in [0.15, 0.2) is 5.82 Å². The molecule has 1 aromatic carbocycles. The van der Waals surface area contributed by atoms with E-state index in [4.69, 9.17) is 4.52 Å². The van der Waals surface area contributed by atoms with Crippen LogP contribution in [0.5, 0.6) is 0 Å². The van der Waals surface area contributed by atoms with E-state index in [1.165, 1.54) is 24.3 Å². The van der Waals surface area contributed by atoms with Crippen molar-refractivity contribution in [3.05, 3.63) is 59.3 Å². The lowest BCUT2D eigenvalue weighted by molar-refractivity contribution is -0.137. The van der Waals surface area contributed by atoms with Gasteiger partial charge in [-0.15, -0.1) is 0 Å². The SMILES string of the molecule is Cc1noc(-c2cc(F)ccc2C(=O)N2C[C@H]3C[C@@H](Nc4ccc(C(F)(F)F)cn4)[C@@H]2C3)n1. The van der Waals surface area contributed by atoms with Crippen LogP contribution in [0.4, 0.5) is 23.4 Å². The van der Waals surface area contributed by atoms with E-state index in [2.05, 4.69) is 20.4 Å². The predicted molar refractivity (Wildman–Crippen MR) is 109 cm³/mol. The fraction of sp³-hybridized carbons (Fsp3) is 0.364. The molecule has 5 rings (SSSR count). The Kier molecular flexibility index (Phi) is 5.06. The molecule has 0 spiro atoms. The van der Waals surface area contributed by atoms with Gasteiger partial charge in [0.2, 0.25) is 0 Å².